The minimum atomic E-state index is -1.95. The molecule has 1 saturated heterocycles. The van der Waals surface area contributed by atoms with Crippen molar-refractivity contribution in [3.63, 3.8) is 0 Å². The lowest BCUT2D eigenvalue weighted by Gasteiger charge is -2.25. The molecular weight excluding hydrogens is 202 g/mol. The van der Waals surface area contributed by atoms with Crippen molar-refractivity contribution in [1.82, 2.24) is 16.4 Å². The molecule has 1 rings (SSSR count). The molecule has 1 fully saturated rings. The Morgan fingerprint density at radius 3 is 2.33 bits per heavy atom. The van der Waals surface area contributed by atoms with Crippen LogP contribution in [0, 0.1) is 0 Å². The zero-order valence-electron chi connectivity index (χ0n) is 8.25. The van der Waals surface area contributed by atoms with Crippen molar-refractivity contribution in [3.05, 3.63) is 0 Å². The lowest BCUT2D eigenvalue weighted by atomic mass is 9.93. The van der Waals surface area contributed by atoms with Gasteiger partial charge in [0.25, 0.3) is 0 Å². The summed E-state index contributed by atoms with van der Waals surface area (Å²) in [5.74, 6) is -2.77. The molecule has 1 aliphatic heterocycles. The predicted octanol–water partition coefficient (Wildman–Crippen LogP) is -0.933. The summed E-state index contributed by atoms with van der Waals surface area (Å²) in [7, 11) is 0. The van der Waals surface area contributed by atoms with Crippen LogP contribution in [0.25, 0.3) is 0 Å². The number of nitrogens with one attached hydrogen (secondary N) is 3. The molecule has 86 valence electrons. The first-order chi connectivity index (χ1) is 7.09. The quantitative estimate of drug-likeness (QED) is 0.380. The molecule has 0 aromatic heterocycles. The summed E-state index contributed by atoms with van der Waals surface area (Å²) in [6.07, 6.45) is 2.31. The van der Waals surface area contributed by atoms with Crippen LogP contribution >= 0.6 is 0 Å². The molecule has 0 aromatic rings. The molecule has 0 aliphatic carbocycles. The molecule has 0 aromatic carbocycles. The highest BCUT2D eigenvalue weighted by Gasteiger charge is 2.46. The summed E-state index contributed by atoms with van der Waals surface area (Å²) < 4.78 is 0. The summed E-state index contributed by atoms with van der Waals surface area (Å²) in [6.45, 7) is 0.669. The van der Waals surface area contributed by atoms with Crippen LogP contribution in [0.1, 0.15) is 25.7 Å². The van der Waals surface area contributed by atoms with Crippen LogP contribution in [0.15, 0.2) is 0 Å². The Hall–Kier alpha value is -1.18. The monoisotopic (exact) mass is 217 g/mol. The van der Waals surface area contributed by atoms with E-state index in [9.17, 15) is 9.59 Å². The van der Waals surface area contributed by atoms with Crippen molar-refractivity contribution >= 4 is 11.9 Å². The van der Waals surface area contributed by atoms with Gasteiger partial charge in [-0.15, -0.1) is 0 Å². The van der Waals surface area contributed by atoms with Gasteiger partial charge in [0.15, 0.2) is 0 Å². The standard InChI is InChI=1S/C8H15N3O4/c12-6(13)8(7(14)15)4-2-1-3-5-9-11-10-8/h9-11H,1-5H2,(H,12,13)(H,14,15). The van der Waals surface area contributed by atoms with Gasteiger partial charge >= 0.3 is 11.9 Å². The highest BCUT2D eigenvalue weighted by molar-refractivity contribution is 6.03. The van der Waals surface area contributed by atoms with Gasteiger partial charge in [-0.3, -0.25) is 0 Å². The molecule has 0 unspecified atom stereocenters. The normalized spacial score (nSPS) is 22.1. The molecule has 0 saturated carbocycles. The molecule has 0 bridgehead atoms. The van der Waals surface area contributed by atoms with Gasteiger partial charge in [0.05, 0.1) is 0 Å². The average Bonchev–Trinajstić information content (AvgIpc) is 2.28. The Balaban J connectivity index is 2.81. The fourth-order valence-electron chi connectivity index (χ4n) is 1.47. The maximum atomic E-state index is 11.0. The van der Waals surface area contributed by atoms with E-state index in [-0.39, 0.29) is 6.42 Å². The summed E-state index contributed by atoms with van der Waals surface area (Å²) in [5.41, 5.74) is 5.49. The van der Waals surface area contributed by atoms with Crippen LogP contribution in [0.3, 0.4) is 0 Å². The van der Waals surface area contributed by atoms with Crippen LogP contribution in [0.4, 0.5) is 0 Å². The van der Waals surface area contributed by atoms with Crippen molar-refractivity contribution in [2.45, 2.75) is 31.2 Å². The van der Waals surface area contributed by atoms with Crippen molar-refractivity contribution in [2.75, 3.05) is 6.54 Å². The molecule has 0 radical (unpaired) electrons. The Morgan fingerprint density at radius 2 is 1.73 bits per heavy atom. The van der Waals surface area contributed by atoms with Gasteiger partial charge in [-0.25, -0.2) is 20.4 Å². The first-order valence-electron chi connectivity index (χ1n) is 4.81. The second-order valence-corrected chi connectivity index (χ2v) is 3.50. The molecule has 1 heterocycles. The van der Waals surface area contributed by atoms with Gasteiger partial charge in [-0.05, 0) is 12.8 Å². The van der Waals surface area contributed by atoms with Gasteiger partial charge < -0.3 is 10.2 Å². The number of hydrogen-bond acceptors (Lipinski definition) is 5. The van der Waals surface area contributed by atoms with E-state index in [4.69, 9.17) is 10.2 Å². The fourth-order valence-corrected chi connectivity index (χ4v) is 1.47. The first kappa shape index (κ1) is 11.9. The maximum Gasteiger partial charge on any atom is 0.336 e. The number of carboxylic acid groups (broad SMARTS) is 2. The van der Waals surface area contributed by atoms with E-state index in [0.29, 0.717) is 13.0 Å². The molecule has 0 amide bonds. The van der Waals surface area contributed by atoms with Crippen LogP contribution in [-0.4, -0.2) is 34.2 Å². The van der Waals surface area contributed by atoms with Crippen molar-refractivity contribution in [3.8, 4) is 0 Å². The second-order valence-electron chi connectivity index (χ2n) is 3.50. The van der Waals surface area contributed by atoms with E-state index in [0.717, 1.165) is 12.8 Å². The number of rotatable bonds is 2. The Morgan fingerprint density at radius 1 is 1.07 bits per heavy atom. The number of aliphatic carboxylic acids is 2. The first-order valence-corrected chi connectivity index (χ1v) is 4.81. The average molecular weight is 217 g/mol. The summed E-state index contributed by atoms with van der Waals surface area (Å²) in [5, 5.41) is 17.9. The van der Waals surface area contributed by atoms with Gasteiger partial charge in [-0.1, -0.05) is 12.8 Å². The molecular formula is C8H15N3O4. The fraction of sp³-hybridized carbons (Fsp3) is 0.750. The van der Waals surface area contributed by atoms with Gasteiger partial charge in [-0.2, -0.15) is 5.53 Å². The van der Waals surface area contributed by atoms with Crippen LogP contribution in [-0.2, 0) is 9.59 Å². The van der Waals surface area contributed by atoms with Gasteiger partial charge in [0.2, 0.25) is 5.54 Å². The molecule has 1 aliphatic rings. The number of carboxylic acids is 2. The van der Waals surface area contributed by atoms with E-state index in [1.807, 2.05) is 0 Å². The predicted molar refractivity (Wildman–Crippen MR) is 50.7 cm³/mol. The molecule has 15 heavy (non-hydrogen) atoms. The lowest BCUT2D eigenvalue weighted by Crippen LogP contribution is -2.64. The van der Waals surface area contributed by atoms with E-state index in [2.05, 4.69) is 16.4 Å². The highest BCUT2D eigenvalue weighted by atomic mass is 16.4. The van der Waals surface area contributed by atoms with E-state index >= 15 is 0 Å². The van der Waals surface area contributed by atoms with Crippen LogP contribution < -0.4 is 16.4 Å². The number of carbonyl (C=O) groups is 2. The summed E-state index contributed by atoms with van der Waals surface area (Å²) >= 11 is 0. The number of hydrazine groups is 2. The zero-order chi connectivity index (χ0) is 11.3. The minimum Gasteiger partial charge on any atom is -0.479 e. The third-order valence-electron chi connectivity index (χ3n) is 2.45. The highest BCUT2D eigenvalue weighted by Crippen LogP contribution is 2.16. The maximum absolute atomic E-state index is 11.0. The SMILES string of the molecule is O=C(O)C1(C(=O)O)CCCCCNNN1. The van der Waals surface area contributed by atoms with Crippen molar-refractivity contribution in [2.24, 2.45) is 0 Å². The molecule has 0 spiro atoms. The molecule has 7 nitrogen and oxygen atoms in total. The molecule has 7 heteroatoms. The van der Waals surface area contributed by atoms with Crippen LogP contribution in [0.5, 0.6) is 0 Å². The largest absolute Gasteiger partial charge is 0.479 e. The summed E-state index contributed by atoms with van der Waals surface area (Å²) in [6, 6.07) is 0. The topological polar surface area (TPSA) is 111 Å². The van der Waals surface area contributed by atoms with Gasteiger partial charge in [0, 0.05) is 6.54 Å². The van der Waals surface area contributed by atoms with E-state index in [1.54, 1.807) is 0 Å². The Kier molecular flexibility index (Phi) is 4.01. The third kappa shape index (κ3) is 2.65. The van der Waals surface area contributed by atoms with Crippen LogP contribution in [0.2, 0.25) is 0 Å². The van der Waals surface area contributed by atoms with Crippen molar-refractivity contribution in [1.29, 1.82) is 0 Å². The van der Waals surface area contributed by atoms with Gasteiger partial charge in [0.1, 0.15) is 0 Å². The van der Waals surface area contributed by atoms with E-state index < -0.39 is 17.5 Å². The van der Waals surface area contributed by atoms with E-state index in [1.165, 1.54) is 0 Å². The van der Waals surface area contributed by atoms with Crippen molar-refractivity contribution < 1.29 is 19.8 Å². The second kappa shape index (κ2) is 5.06. The smallest absolute Gasteiger partial charge is 0.336 e. The lowest BCUT2D eigenvalue weighted by molar-refractivity contribution is -0.160. The zero-order valence-corrected chi connectivity index (χ0v) is 8.25. The Bertz CT molecular complexity index is 230. The minimum absolute atomic E-state index is 0.0619. The molecule has 5 N–H and O–H groups in total. The summed E-state index contributed by atoms with van der Waals surface area (Å²) in [4.78, 5) is 22.0. The number of hydrogen-bond donors (Lipinski definition) is 5. The Labute approximate surface area is 86.8 Å². The molecule has 0 atom stereocenters. The third-order valence-corrected chi connectivity index (χ3v) is 2.45.